The number of rotatable bonds is 5. The molecule has 2 aromatic rings. The van der Waals surface area contributed by atoms with Gasteiger partial charge in [0.05, 0.1) is 19.4 Å². The van der Waals surface area contributed by atoms with Gasteiger partial charge >= 0.3 is 0 Å². The largest absolute Gasteiger partial charge is 0.467 e. The van der Waals surface area contributed by atoms with Crippen molar-refractivity contribution in [2.75, 3.05) is 0 Å². The molecule has 1 aromatic heterocycles. The summed E-state index contributed by atoms with van der Waals surface area (Å²) in [6, 6.07) is 12.8. The number of hydrogen-bond acceptors (Lipinski definition) is 4. The van der Waals surface area contributed by atoms with Gasteiger partial charge in [0.1, 0.15) is 16.5 Å². The highest BCUT2D eigenvalue weighted by Gasteiger charge is 2.37. The van der Waals surface area contributed by atoms with Crippen LogP contribution < -0.4 is 5.32 Å². The quantitative estimate of drug-likeness (QED) is 0.860. The highest BCUT2D eigenvalue weighted by Crippen LogP contribution is 2.24. The first-order valence-electron chi connectivity index (χ1n) is 6.73. The maximum absolute atomic E-state index is 12.4. The Kier molecular flexibility index (Phi) is 3.98. The van der Waals surface area contributed by atoms with Crippen molar-refractivity contribution >= 4 is 23.4 Å². The van der Waals surface area contributed by atoms with Gasteiger partial charge in [-0.05, 0) is 17.7 Å². The van der Waals surface area contributed by atoms with E-state index in [-0.39, 0.29) is 23.8 Å². The zero-order valence-corrected chi connectivity index (χ0v) is 12.3. The Morgan fingerprint density at radius 3 is 2.50 bits per heavy atom. The van der Waals surface area contributed by atoms with Crippen LogP contribution in [0.3, 0.4) is 0 Å². The van der Waals surface area contributed by atoms with Crippen LogP contribution >= 0.6 is 11.6 Å². The Labute approximate surface area is 132 Å². The molecule has 0 aliphatic carbocycles. The topological polar surface area (TPSA) is 62.6 Å². The van der Waals surface area contributed by atoms with Crippen molar-refractivity contribution in [1.29, 1.82) is 0 Å². The minimum Gasteiger partial charge on any atom is -0.467 e. The highest BCUT2D eigenvalue weighted by molar-refractivity contribution is 6.47. The summed E-state index contributed by atoms with van der Waals surface area (Å²) < 4.78 is 5.18. The van der Waals surface area contributed by atoms with Gasteiger partial charge in [0.15, 0.2) is 0 Å². The SMILES string of the molecule is O=C1C(Cl)=C(NCc2ccco2)C(=O)N1Cc1ccccc1. The second kappa shape index (κ2) is 6.07. The fourth-order valence-electron chi connectivity index (χ4n) is 2.20. The van der Waals surface area contributed by atoms with E-state index in [2.05, 4.69) is 5.32 Å². The van der Waals surface area contributed by atoms with Crippen molar-refractivity contribution in [1.82, 2.24) is 10.2 Å². The molecule has 0 fully saturated rings. The van der Waals surface area contributed by atoms with E-state index in [0.717, 1.165) is 10.5 Å². The van der Waals surface area contributed by atoms with E-state index in [4.69, 9.17) is 16.0 Å². The summed E-state index contributed by atoms with van der Waals surface area (Å²) in [7, 11) is 0. The summed E-state index contributed by atoms with van der Waals surface area (Å²) in [5, 5.41) is 2.78. The molecule has 1 aliphatic heterocycles. The number of halogens is 1. The lowest BCUT2D eigenvalue weighted by atomic mass is 10.2. The lowest BCUT2D eigenvalue weighted by Gasteiger charge is -2.14. The van der Waals surface area contributed by atoms with E-state index in [0.29, 0.717) is 5.76 Å². The molecule has 1 N–H and O–H groups in total. The molecule has 0 saturated heterocycles. The first-order chi connectivity index (χ1) is 10.7. The van der Waals surface area contributed by atoms with Crippen molar-refractivity contribution in [3.63, 3.8) is 0 Å². The molecule has 112 valence electrons. The molecular formula is C16H13ClN2O3. The summed E-state index contributed by atoms with van der Waals surface area (Å²) in [5.74, 6) is -0.262. The summed E-state index contributed by atoms with van der Waals surface area (Å²) in [5.41, 5.74) is 0.972. The maximum Gasteiger partial charge on any atom is 0.278 e. The number of benzene rings is 1. The summed E-state index contributed by atoms with van der Waals surface area (Å²) in [6.45, 7) is 0.484. The Hall–Kier alpha value is -2.53. The molecule has 0 radical (unpaired) electrons. The second-order valence-corrected chi connectivity index (χ2v) is 5.18. The molecular weight excluding hydrogens is 304 g/mol. The Balaban J connectivity index is 1.72. The molecule has 22 heavy (non-hydrogen) atoms. The van der Waals surface area contributed by atoms with Crippen LogP contribution in [0.25, 0.3) is 0 Å². The number of carbonyl (C=O) groups excluding carboxylic acids is 2. The Morgan fingerprint density at radius 1 is 1.05 bits per heavy atom. The van der Waals surface area contributed by atoms with Crippen LogP contribution in [0.2, 0.25) is 0 Å². The Morgan fingerprint density at radius 2 is 1.82 bits per heavy atom. The maximum atomic E-state index is 12.4. The van der Waals surface area contributed by atoms with Gasteiger partial charge in [-0.3, -0.25) is 14.5 Å². The standard InChI is InChI=1S/C16H13ClN2O3/c17-13-14(18-9-12-7-4-8-22-12)16(21)19(15(13)20)10-11-5-2-1-3-6-11/h1-8,18H,9-10H2. The van der Waals surface area contributed by atoms with Crippen molar-refractivity contribution in [3.05, 3.63) is 70.8 Å². The molecule has 6 heteroatoms. The molecule has 0 bridgehead atoms. The van der Waals surface area contributed by atoms with E-state index in [1.165, 1.54) is 6.26 Å². The van der Waals surface area contributed by atoms with Crippen LogP contribution in [-0.4, -0.2) is 16.7 Å². The zero-order valence-electron chi connectivity index (χ0n) is 11.6. The third-order valence-corrected chi connectivity index (χ3v) is 3.67. The number of carbonyl (C=O) groups is 2. The van der Waals surface area contributed by atoms with Gasteiger partial charge < -0.3 is 9.73 Å². The number of nitrogens with one attached hydrogen (secondary N) is 1. The minimum atomic E-state index is -0.488. The van der Waals surface area contributed by atoms with Gasteiger partial charge in [-0.1, -0.05) is 41.9 Å². The smallest absolute Gasteiger partial charge is 0.278 e. The number of amides is 2. The predicted octanol–water partition coefficient (Wildman–Crippen LogP) is 2.39. The molecule has 3 rings (SSSR count). The molecule has 5 nitrogen and oxygen atoms in total. The van der Waals surface area contributed by atoms with Crippen LogP contribution in [-0.2, 0) is 22.7 Å². The highest BCUT2D eigenvalue weighted by atomic mass is 35.5. The van der Waals surface area contributed by atoms with Gasteiger partial charge in [0.25, 0.3) is 11.8 Å². The number of nitrogens with zero attached hydrogens (tertiary/aromatic N) is 1. The van der Waals surface area contributed by atoms with E-state index >= 15 is 0 Å². The average molecular weight is 317 g/mol. The molecule has 1 aromatic carbocycles. The monoisotopic (exact) mass is 316 g/mol. The lowest BCUT2D eigenvalue weighted by molar-refractivity contribution is -0.138. The van der Waals surface area contributed by atoms with Crippen molar-refractivity contribution in [2.45, 2.75) is 13.1 Å². The average Bonchev–Trinajstić information content (AvgIpc) is 3.11. The van der Waals surface area contributed by atoms with E-state index in [9.17, 15) is 9.59 Å². The number of imide groups is 1. The zero-order chi connectivity index (χ0) is 15.5. The molecule has 0 unspecified atom stereocenters. The van der Waals surface area contributed by atoms with Crippen LogP contribution in [0.5, 0.6) is 0 Å². The van der Waals surface area contributed by atoms with Gasteiger partial charge in [0.2, 0.25) is 0 Å². The molecule has 0 saturated carbocycles. The summed E-state index contributed by atoms with van der Waals surface area (Å²) >= 11 is 6.00. The fourth-order valence-corrected chi connectivity index (χ4v) is 2.45. The molecule has 2 amide bonds. The fraction of sp³-hybridized carbons (Fsp3) is 0.125. The molecule has 2 heterocycles. The summed E-state index contributed by atoms with van der Waals surface area (Å²) in [4.78, 5) is 25.6. The molecule has 0 atom stereocenters. The first kappa shape index (κ1) is 14.4. The van der Waals surface area contributed by atoms with Gasteiger partial charge in [-0.2, -0.15) is 0 Å². The minimum absolute atomic E-state index is 0.0903. The lowest BCUT2D eigenvalue weighted by Crippen LogP contribution is -2.33. The molecule has 0 spiro atoms. The van der Waals surface area contributed by atoms with Crippen LogP contribution in [0.1, 0.15) is 11.3 Å². The first-order valence-corrected chi connectivity index (χ1v) is 7.11. The Bertz CT molecular complexity index is 723. The number of furan rings is 1. The van der Waals surface area contributed by atoms with E-state index in [1.807, 2.05) is 30.3 Å². The van der Waals surface area contributed by atoms with Crippen LogP contribution in [0.4, 0.5) is 0 Å². The van der Waals surface area contributed by atoms with Crippen molar-refractivity contribution in [3.8, 4) is 0 Å². The third kappa shape index (κ3) is 2.76. The predicted molar refractivity (Wildman–Crippen MR) is 80.4 cm³/mol. The molecule has 1 aliphatic rings. The normalized spacial score (nSPS) is 14.9. The van der Waals surface area contributed by atoms with Crippen LogP contribution in [0, 0.1) is 0 Å². The van der Waals surface area contributed by atoms with Crippen molar-refractivity contribution in [2.24, 2.45) is 0 Å². The van der Waals surface area contributed by atoms with E-state index < -0.39 is 11.8 Å². The second-order valence-electron chi connectivity index (χ2n) is 4.80. The number of hydrogen-bond donors (Lipinski definition) is 1. The van der Waals surface area contributed by atoms with Crippen molar-refractivity contribution < 1.29 is 14.0 Å². The van der Waals surface area contributed by atoms with Gasteiger partial charge in [-0.25, -0.2) is 0 Å². The third-order valence-electron chi connectivity index (χ3n) is 3.31. The van der Waals surface area contributed by atoms with Crippen LogP contribution in [0.15, 0.2) is 63.9 Å². The van der Waals surface area contributed by atoms with Gasteiger partial charge in [0, 0.05) is 0 Å². The van der Waals surface area contributed by atoms with E-state index in [1.54, 1.807) is 12.1 Å². The van der Waals surface area contributed by atoms with Gasteiger partial charge in [-0.15, -0.1) is 0 Å². The summed E-state index contributed by atoms with van der Waals surface area (Å²) in [6.07, 6.45) is 1.54.